The summed E-state index contributed by atoms with van der Waals surface area (Å²) in [5.74, 6) is 0.336. The van der Waals surface area contributed by atoms with Gasteiger partial charge in [-0.3, -0.25) is 4.79 Å². The van der Waals surface area contributed by atoms with Gasteiger partial charge in [-0.05, 0) is 44.0 Å². The second kappa shape index (κ2) is 8.00. The minimum atomic E-state index is -0.329. The lowest BCUT2D eigenvalue weighted by molar-refractivity contribution is -0.120. The molecule has 8 heteroatoms. The van der Waals surface area contributed by atoms with Gasteiger partial charge in [-0.25, -0.2) is 0 Å². The molecule has 1 N–H and O–H groups in total. The molecule has 1 aromatic carbocycles. The molecule has 24 heavy (non-hydrogen) atoms. The monoisotopic (exact) mass is 367 g/mol. The minimum Gasteiger partial charge on any atom is -0.411 e. The van der Waals surface area contributed by atoms with Crippen LogP contribution in [0.15, 0.2) is 33.9 Å². The van der Waals surface area contributed by atoms with E-state index in [-0.39, 0.29) is 17.3 Å². The Morgan fingerprint density at radius 1 is 1.42 bits per heavy atom. The largest absolute Gasteiger partial charge is 0.411 e. The molecule has 0 aliphatic carbocycles. The highest BCUT2D eigenvalue weighted by molar-refractivity contribution is 8.00. The molecule has 0 bridgehead atoms. The van der Waals surface area contributed by atoms with Crippen molar-refractivity contribution in [2.24, 2.45) is 0 Å². The zero-order valence-corrected chi connectivity index (χ0v) is 14.8. The molecule has 0 saturated carbocycles. The Labute approximate surface area is 149 Å². The van der Waals surface area contributed by atoms with E-state index in [0.717, 1.165) is 25.0 Å². The Morgan fingerprint density at radius 2 is 2.21 bits per heavy atom. The van der Waals surface area contributed by atoms with Gasteiger partial charge in [-0.2, -0.15) is 0 Å². The van der Waals surface area contributed by atoms with E-state index in [0.29, 0.717) is 22.7 Å². The van der Waals surface area contributed by atoms with Crippen molar-refractivity contribution in [1.29, 1.82) is 0 Å². The number of halogens is 1. The van der Waals surface area contributed by atoms with Gasteiger partial charge in [-0.1, -0.05) is 23.4 Å². The molecule has 6 nitrogen and oxygen atoms in total. The zero-order chi connectivity index (χ0) is 16.9. The first-order chi connectivity index (χ1) is 11.6. The second-order valence-corrected chi connectivity index (χ2v) is 7.25. The smallest absolute Gasteiger partial charge is 0.277 e. The topological polar surface area (TPSA) is 77.2 Å². The standard InChI is InChI=1S/C16H18ClN3O3S/c1-10(14(21)18-9-13-3-2-8-22-13)24-16-20-19-15(23-16)11-4-6-12(17)7-5-11/h4-7,10,13H,2-3,8-9H2,1H3,(H,18,21)/t10-,13+/m1/s1. The van der Waals surface area contributed by atoms with Gasteiger partial charge in [0.05, 0.1) is 11.4 Å². The number of nitrogens with one attached hydrogen (secondary N) is 1. The van der Waals surface area contributed by atoms with Crippen LogP contribution in [0.25, 0.3) is 11.5 Å². The third-order valence-corrected chi connectivity index (χ3v) is 4.86. The summed E-state index contributed by atoms with van der Waals surface area (Å²) in [6.07, 6.45) is 2.18. The summed E-state index contributed by atoms with van der Waals surface area (Å²) in [5.41, 5.74) is 0.786. The van der Waals surface area contributed by atoms with Gasteiger partial charge < -0.3 is 14.5 Å². The third kappa shape index (κ3) is 4.49. The molecule has 1 saturated heterocycles. The molecule has 1 aromatic heterocycles. The van der Waals surface area contributed by atoms with Crippen LogP contribution in [0.3, 0.4) is 0 Å². The van der Waals surface area contributed by atoms with Crippen molar-refractivity contribution >= 4 is 29.3 Å². The van der Waals surface area contributed by atoms with Gasteiger partial charge in [0.2, 0.25) is 11.8 Å². The fourth-order valence-corrected chi connectivity index (χ4v) is 3.17. The Kier molecular flexibility index (Phi) is 5.76. The molecule has 3 rings (SSSR count). The maximum Gasteiger partial charge on any atom is 0.277 e. The van der Waals surface area contributed by atoms with E-state index in [9.17, 15) is 4.79 Å². The summed E-state index contributed by atoms with van der Waals surface area (Å²) in [7, 11) is 0. The van der Waals surface area contributed by atoms with Crippen LogP contribution in [-0.2, 0) is 9.53 Å². The van der Waals surface area contributed by atoms with Gasteiger partial charge >= 0.3 is 0 Å². The second-order valence-electron chi connectivity index (χ2n) is 5.52. The van der Waals surface area contributed by atoms with Crippen LogP contribution < -0.4 is 5.32 Å². The number of hydrogen-bond acceptors (Lipinski definition) is 6. The predicted molar refractivity (Wildman–Crippen MR) is 92.0 cm³/mol. The van der Waals surface area contributed by atoms with Crippen molar-refractivity contribution in [2.45, 2.75) is 36.3 Å². The number of carbonyl (C=O) groups is 1. The van der Waals surface area contributed by atoms with Crippen LogP contribution >= 0.6 is 23.4 Å². The molecule has 2 atom stereocenters. The number of hydrogen-bond donors (Lipinski definition) is 1. The molecule has 0 radical (unpaired) electrons. The number of ether oxygens (including phenoxy) is 1. The van der Waals surface area contributed by atoms with Crippen molar-refractivity contribution in [3.8, 4) is 11.5 Å². The van der Waals surface area contributed by atoms with E-state index in [2.05, 4.69) is 15.5 Å². The lowest BCUT2D eigenvalue weighted by atomic mass is 10.2. The molecule has 1 aliphatic heterocycles. The quantitative estimate of drug-likeness (QED) is 0.790. The summed E-state index contributed by atoms with van der Waals surface area (Å²) in [6, 6.07) is 7.13. The highest BCUT2D eigenvalue weighted by Crippen LogP contribution is 2.26. The Morgan fingerprint density at radius 3 is 2.92 bits per heavy atom. The highest BCUT2D eigenvalue weighted by atomic mass is 35.5. The number of rotatable bonds is 6. The average Bonchev–Trinajstić information content (AvgIpc) is 3.25. The average molecular weight is 368 g/mol. The number of nitrogens with zero attached hydrogens (tertiary/aromatic N) is 2. The Balaban J connectivity index is 1.53. The Hall–Kier alpha value is -1.57. The third-order valence-electron chi connectivity index (χ3n) is 3.67. The van der Waals surface area contributed by atoms with Crippen LogP contribution in [0.5, 0.6) is 0 Å². The first kappa shape index (κ1) is 17.3. The lowest BCUT2D eigenvalue weighted by Gasteiger charge is -2.13. The molecular weight excluding hydrogens is 350 g/mol. The van der Waals surface area contributed by atoms with Crippen molar-refractivity contribution < 1.29 is 13.9 Å². The van der Waals surface area contributed by atoms with Gasteiger partial charge in [-0.15, -0.1) is 10.2 Å². The molecular formula is C16H18ClN3O3S. The fraction of sp³-hybridized carbons (Fsp3) is 0.438. The molecule has 1 aliphatic rings. The number of benzene rings is 1. The molecule has 0 unspecified atom stereocenters. The summed E-state index contributed by atoms with van der Waals surface area (Å²) < 4.78 is 11.1. The number of thioether (sulfide) groups is 1. The molecule has 1 fully saturated rings. The molecule has 128 valence electrons. The maximum atomic E-state index is 12.1. The van der Waals surface area contributed by atoms with E-state index in [1.165, 1.54) is 11.8 Å². The normalized spacial score (nSPS) is 18.5. The van der Waals surface area contributed by atoms with Gasteiger partial charge in [0.1, 0.15) is 0 Å². The first-order valence-corrected chi connectivity index (χ1v) is 9.03. The number of carbonyl (C=O) groups excluding carboxylic acids is 1. The van der Waals surface area contributed by atoms with Crippen LogP contribution in [0, 0.1) is 0 Å². The molecule has 2 aromatic rings. The SMILES string of the molecule is C[C@@H](Sc1nnc(-c2ccc(Cl)cc2)o1)C(=O)NC[C@@H]1CCCO1. The Bertz CT molecular complexity index is 686. The van der Waals surface area contributed by atoms with Crippen molar-refractivity contribution in [1.82, 2.24) is 15.5 Å². The minimum absolute atomic E-state index is 0.0678. The van der Waals surface area contributed by atoms with E-state index in [4.69, 9.17) is 20.8 Å². The van der Waals surface area contributed by atoms with Crippen LogP contribution in [0.2, 0.25) is 5.02 Å². The predicted octanol–water partition coefficient (Wildman–Crippen LogP) is 3.17. The van der Waals surface area contributed by atoms with Crippen molar-refractivity contribution in [2.75, 3.05) is 13.2 Å². The summed E-state index contributed by atoms with van der Waals surface area (Å²) in [5, 5.41) is 11.6. The van der Waals surface area contributed by atoms with Crippen LogP contribution in [0.4, 0.5) is 0 Å². The summed E-state index contributed by atoms with van der Waals surface area (Å²) in [6.45, 7) is 3.13. The number of amides is 1. The number of aromatic nitrogens is 2. The lowest BCUT2D eigenvalue weighted by Crippen LogP contribution is -2.36. The van der Waals surface area contributed by atoms with Gasteiger partial charge in [0.25, 0.3) is 5.22 Å². The maximum absolute atomic E-state index is 12.1. The van der Waals surface area contributed by atoms with Gasteiger partial charge in [0.15, 0.2) is 0 Å². The summed E-state index contributed by atoms with van der Waals surface area (Å²) >= 11 is 7.09. The molecule has 2 heterocycles. The fourth-order valence-electron chi connectivity index (χ4n) is 2.33. The van der Waals surface area contributed by atoms with E-state index in [1.54, 1.807) is 12.1 Å². The van der Waals surface area contributed by atoms with Gasteiger partial charge in [0, 0.05) is 23.7 Å². The highest BCUT2D eigenvalue weighted by Gasteiger charge is 2.21. The van der Waals surface area contributed by atoms with E-state index >= 15 is 0 Å². The molecule has 0 spiro atoms. The van der Waals surface area contributed by atoms with Crippen LogP contribution in [-0.4, -0.2) is 40.6 Å². The van der Waals surface area contributed by atoms with Crippen molar-refractivity contribution in [3.63, 3.8) is 0 Å². The zero-order valence-electron chi connectivity index (χ0n) is 13.2. The first-order valence-electron chi connectivity index (χ1n) is 7.77. The molecule has 1 amide bonds. The van der Waals surface area contributed by atoms with Crippen molar-refractivity contribution in [3.05, 3.63) is 29.3 Å². The van der Waals surface area contributed by atoms with E-state index < -0.39 is 0 Å². The van der Waals surface area contributed by atoms with Crippen LogP contribution in [0.1, 0.15) is 19.8 Å². The summed E-state index contributed by atoms with van der Waals surface area (Å²) in [4.78, 5) is 12.1. The van der Waals surface area contributed by atoms with E-state index in [1.807, 2.05) is 19.1 Å².